The topological polar surface area (TPSA) is 46.3 Å². The number of aromatic nitrogens is 1. The Morgan fingerprint density at radius 2 is 1.85 bits per heavy atom. The maximum atomic E-state index is 9.73. The SMILES string of the molecule is Cc1c(O)c(C)c2cnoc2c1C. The van der Waals surface area contributed by atoms with Gasteiger partial charge in [0, 0.05) is 16.5 Å². The number of benzene rings is 1. The maximum Gasteiger partial charge on any atom is 0.170 e. The lowest BCUT2D eigenvalue weighted by Gasteiger charge is -2.06. The average Bonchev–Trinajstić information content (AvgIpc) is 2.59. The highest BCUT2D eigenvalue weighted by atomic mass is 16.5. The smallest absolute Gasteiger partial charge is 0.170 e. The third-order valence-corrected chi connectivity index (χ3v) is 2.59. The summed E-state index contributed by atoms with van der Waals surface area (Å²) in [7, 11) is 0. The molecule has 68 valence electrons. The Morgan fingerprint density at radius 1 is 1.15 bits per heavy atom. The highest BCUT2D eigenvalue weighted by molar-refractivity contribution is 5.86. The van der Waals surface area contributed by atoms with Crippen LogP contribution < -0.4 is 0 Å². The number of nitrogens with zero attached hydrogens (tertiary/aromatic N) is 1. The highest BCUT2D eigenvalue weighted by Gasteiger charge is 2.13. The van der Waals surface area contributed by atoms with Crippen molar-refractivity contribution in [3.63, 3.8) is 0 Å². The molecule has 3 nitrogen and oxygen atoms in total. The van der Waals surface area contributed by atoms with Gasteiger partial charge in [-0.25, -0.2) is 0 Å². The number of rotatable bonds is 0. The Labute approximate surface area is 76.0 Å². The molecule has 0 aliphatic carbocycles. The second-order valence-corrected chi connectivity index (χ2v) is 3.29. The van der Waals surface area contributed by atoms with E-state index in [-0.39, 0.29) is 0 Å². The van der Waals surface area contributed by atoms with Crippen molar-refractivity contribution < 1.29 is 9.63 Å². The minimum atomic E-state index is 0.341. The normalized spacial score (nSPS) is 11.0. The Kier molecular flexibility index (Phi) is 1.55. The molecule has 0 saturated carbocycles. The molecule has 13 heavy (non-hydrogen) atoms. The number of aromatic hydroxyl groups is 1. The molecular formula is C10H11NO2. The van der Waals surface area contributed by atoms with Crippen molar-refractivity contribution in [1.29, 1.82) is 0 Å². The van der Waals surface area contributed by atoms with Crippen LogP contribution in [0.4, 0.5) is 0 Å². The number of fused-ring (bicyclic) bond motifs is 1. The van der Waals surface area contributed by atoms with Crippen LogP contribution in [0.25, 0.3) is 11.0 Å². The lowest BCUT2D eigenvalue weighted by atomic mass is 10.0. The van der Waals surface area contributed by atoms with E-state index in [0.717, 1.165) is 27.7 Å². The molecule has 0 radical (unpaired) electrons. The molecule has 0 atom stereocenters. The fraction of sp³-hybridized carbons (Fsp3) is 0.300. The Balaban J connectivity index is 3.02. The van der Waals surface area contributed by atoms with Crippen LogP contribution in [-0.2, 0) is 0 Å². The zero-order chi connectivity index (χ0) is 9.59. The largest absolute Gasteiger partial charge is 0.507 e. The van der Waals surface area contributed by atoms with E-state index in [1.54, 1.807) is 6.20 Å². The third-order valence-electron chi connectivity index (χ3n) is 2.59. The summed E-state index contributed by atoms with van der Waals surface area (Å²) in [6.07, 6.45) is 1.64. The molecule has 0 saturated heterocycles. The molecule has 0 aliphatic heterocycles. The summed E-state index contributed by atoms with van der Waals surface area (Å²) in [4.78, 5) is 0. The summed E-state index contributed by atoms with van der Waals surface area (Å²) in [6.45, 7) is 5.66. The van der Waals surface area contributed by atoms with Crippen molar-refractivity contribution in [2.24, 2.45) is 0 Å². The minimum Gasteiger partial charge on any atom is -0.507 e. The summed E-state index contributed by atoms with van der Waals surface area (Å²) in [6, 6.07) is 0. The van der Waals surface area contributed by atoms with Gasteiger partial charge < -0.3 is 9.63 Å². The lowest BCUT2D eigenvalue weighted by molar-refractivity contribution is 0.451. The predicted molar refractivity (Wildman–Crippen MR) is 49.9 cm³/mol. The summed E-state index contributed by atoms with van der Waals surface area (Å²) in [5.41, 5.74) is 3.42. The molecule has 1 heterocycles. The number of aryl methyl sites for hydroxylation is 2. The van der Waals surface area contributed by atoms with Crippen LogP contribution >= 0.6 is 0 Å². The lowest BCUT2D eigenvalue weighted by Crippen LogP contribution is -1.86. The molecule has 0 bridgehead atoms. The number of hydrogen-bond acceptors (Lipinski definition) is 3. The van der Waals surface area contributed by atoms with Crippen LogP contribution in [0, 0.1) is 20.8 Å². The van der Waals surface area contributed by atoms with Crippen molar-refractivity contribution in [3.05, 3.63) is 22.9 Å². The van der Waals surface area contributed by atoms with Gasteiger partial charge in [-0.2, -0.15) is 0 Å². The van der Waals surface area contributed by atoms with Crippen molar-refractivity contribution in [2.75, 3.05) is 0 Å². The summed E-state index contributed by atoms with van der Waals surface area (Å²) < 4.78 is 5.10. The molecule has 2 aromatic rings. The maximum absolute atomic E-state index is 9.73. The molecule has 2 rings (SSSR count). The third kappa shape index (κ3) is 0.932. The second-order valence-electron chi connectivity index (χ2n) is 3.29. The van der Waals surface area contributed by atoms with Gasteiger partial charge in [0.1, 0.15) is 5.75 Å². The molecule has 0 unspecified atom stereocenters. The molecule has 0 amide bonds. The van der Waals surface area contributed by atoms with Crippen LogP contribution in [0.3, 0.4) is 0 Å². The summed E-state index contributed by atoms with van der Waals surface area (Å²) >= 11 is 0. The Hall–Kier alpha value is -1.51. The summed E-state index contributed by atoms with van der Waals surface area (Å²) in [5, 5.41) is 14.3. The van der Waals surface area contributed by atoms with Gasteiger partial charge >= 0.3 is 0 Å². The second kappa shape index (κ2) is 2.49. The van der Waals surface area contributed by atoms with Gasteiger partial charge in [0.15, 0.2) is 5.58 Å². The van der Waals surface area contributed by atoms with Gasteiger partial charge in [-0.15, -0.1) is 0 Å². The Morgan fingerprint density at radius 3 is 2.54 bits per heavy atom. The van der Waals surface area contributed by atoms with Gasteiger partial charge in [-0.1, -0.05) is 5.16 Å². The predicted octanol–water partition coefficient (Wildman–Crippen LogP) is 2.46. The first-order valence-electron chi connectivity index (χ1n) is 4.16. The van der Waals surface area contributed by atoms with E-state index in [2.05, 4.69) is 5.16 Å². The van der Waals surface area contributed by atoms with Gasteiger partial charge in [0.2, 0.25) is 0 Å². The molecular weight excluding hydrogens is 166 g/mol. The van der Waals surface area contributed by atoms with Crippen LogP contribution in [0.5, 0.6) is 5.75 Å². The number of phenols is 1. The van der Waals surface area contributed by atoms with Crippen LogP contribution in [0.1, 0.15) is 16.7 Å². The molecule has 0 spiro atoms. The zero-order valence-corrected chi connectivity index (χ0v) is 7.88. The first-order valence-corrected chi connectivity index (χ1v) is 4.16. The Bertz CT molecular complexity index is 429. The monoisotopic (exact) mass is 177 g/mol. The molecule has 1 N–H and O–H groups in total. The van der Waals surface area contributed by atoms with Gasteiger partial charge in [0.25, 0.3) is 0 Å². The highest BCUT2D eigenvalue weighted by Crippen LogP contribution is 2.33. The van der Waals surface area contributed by atoms with Crippen LogP contribution in [0.2, 0.25) is 0 Å². The fourth-order valence-corrected chi connectivity index (χ4v) is 1.53. The van der Waals surface area contributed by atoms with E-state index in [1.165, 1.54) is 0 Å². The van der Waals surface area contributed by atoms with E-state index < -0.39 is 0 Å². The van der Waals surface area contributed by atoms with Gasteiger partial charge in [-0.3, -0.25) is 0 Å². The van der Waals surface area contributed by atoms with Crippen LogP contribution in [-0.4, -0.2) is 10.3 Å². The standard InChI is InChI=1S/C10H11NO2/c1-5-6(2)10-8(4-11-13-10)7(3)9(5)12/h4,12H,1-3H3. The van der Waals surface area contributed by atoms with Crippen molar-refractivity contribution in [1.82, 2.24) is 5.16 Å². The fourth-order valence-electron chi connectivity index (χ4n) is 1.53. The average molecular weight is 177 g/mol. The van der Waals surface area contributed by atoms with E-state index in [0.29, 0.717) is 5.75 Å². The van der Waals surface area contributed by atoms with Gasteiger partial charge in [0.05, 0.1) is 6.20 Å². The van der Waals surface area contributed by atoms with E-state index >= 15 is 0 Å². The molecule has 3 heteroatoms. The molecule has 0 fully saturated rings. The zero-order valence-electron chi connectivity index (χ0n) is 7.88. The summed E-state index contributed by atoms with van der Waals surface area (Å²) in [5.74, 6) is 0.341. The number of hydrogen-bond donors (Lipinski definition) is 1. The molecule has 1 aromatic carbocycles. The van der Waals surface area contributed by atoms with Crippen molar-refractivity contribution in [3.8, 4) is 5.75 Å². The van der Waals surface area contributed by atoms with Gasteiger partial charge in [-0.05, 0) is 26.3 Å². The first-order chi connectivity index (χ1) is 6.13. The van der Waals surface area contributed by atoms with Crippen LogP contribution in [0.15, 0.2) is 10.7 Å². The van der Waals surface area contributed by atoms with E-state index in [4.69, 9.17) is 4.52 Å². The first kappa shape index (κ1) is 8.10. The van der Waals surface area contributed by atoms with E-state index in [1.807, 2.05) is 20.8 Å². The number of phenolic OH excluding ortho intramolecular Hbond substituents is 1. The van der Waals surface area contributed by atoms with E-state index in [9.17, 15) is 5.11 Å². The minimum absolute atomic E-state index is 0.341. The van der Waals surface area contributed by atoms with Crippen molar-refractivity contribution >= 4 is 11.0 Å². The quantitative estimate of drug-likeness (QED) is 0.672. The van der Waals surface area contributed by atoms with Crippen molar-refractivity contribution in [2.45, 2.75) is 20.8 Å². The molecule has 1 aromatic heterocycles. The molecule has 0 aliphatic rings.